The summed E-state index contributed by atoms with van der Waals surface area (Å²) in [5.74, 6) is -0.338. The molecule has 0 aromatic rings. The Bertz CT molecular complexity index is 713. The Hall–Kier alpha value is -2.14. The lowest BCUT2D eigenvalue weighted by Gasteiger charge is -2.36. The summed E-state index contributed by atoms with van der Waals surface area (Å²) in [6, 6.07) is -0.256. The van der Waals surface area contributed by atoms with Crippen molar-refractivity contribution in [1.29, 1.82) is 0 Å². The molecule has 3 rings (SSSR count). The number of ether oxygens (including phenoxy) is 1. The number of rotatable bonds is 4. The fourth-order valence-electron chi connectivity index (χ4n) is 3.86. The summed E-state index contributed by atoms with van der Waals surface area (Å²) in [4.78, 5) is 26.8. The van der Waals surface area contributed by atoms with Crippen LogP contribution in [0.4, 0.5) is 22.4 Å². The summed E-state index contributed by atoms with van der Waals surface area (Å²) in [6.45, 7) is 7.64. The van der Waals surface area contributed by atoms with Crippen molar-refractivity contribution in [3.05, 3.63) is 23.7 Å². The van der Waals surface area contributed by atoms with Crippen LogP contribution in [0.3, 0.4) is 0 Å². The third-order valence-electron chi connectivity index (χ3n) is 5.38. The standard InChI is InChI=1S/C19H28FN3O4.C2H3F3.C2H6/c1-13(24)21-11-16-12-23(19(26)27-16)14-3-2-4-18(17(20)6-5-14)22-9-7-15(25)8-10-22;1-2(3,4)5;1-2/h3,6,15-16,18,25H,2,4-5,7-12H2,1H3,(H,21,24);1H3;1-2H3/b14-3+,17-6+;;. The van der Waals surface area contributed by atoms with Crippen molar-refractivity contribution in [2.45, 2.75) is 84.2 Å². The normalized spacial score (nSPS) is 27.3. The number of allylic oxidation sites excluding steroid dienone is 2. The molecule has 2 amide bonds. The lowest BCUT2D eigenvalue weighted by molar-refractivity contribution is -0.119. The molecular weight excluding hydrogens is 458 g/mol. The van der Waals surface area contributed by atoms with Crippen LogP contribution in [0.25, 0.3) is 0 Å². The number of alkyl halides is 3. The number of hydrogen-bond donors (Lipinski definition) is 2. The molecule has 34 heavy (non-hydrogen) atoms. The van der Waals surface area contributed by atoms with E-state index in [1.54, 1.807) is 6.08 Å². The van der Waals surface area contributed by atoms with E-state index in [0.717, 1.165) is 5.70 Å². The van der Waals surface area contributed by atoms with Crippen LogP contribution in [-0.2, 0) is 9.53 Å². The number of likely N-dealkylation sites (tertiary alicyclic amines) is 1. The van der Waals surface area contributed by atoms with Gasteiger partial charge in [-0.3, -0.25) is 14.6 Å². The van der Waals surface area contributed by atoms with Gasteiger partial charge < -0.3 is 15.2 Å². The number of aliphatic hydroxyl groups excluding tert-OH is 1. The quantitative estimate of drug-likeness (QED) is 0.569. The predicted molar refractivity (Wildman–Crippen MR) is 120 cm³/mol. The molecule has 2 heterocycles. The van der Waals surface area contributed by atoms with E-state index >= 15 is 0 Å². The minimum Gasteiger partial charge on any atom is -0.442 e. The first-order valence-electron chi connectivity index (χ1n) is 11.7. The number of nitrogens with one attached hydrogen (secondary N) is 1. The molecule has 0 spiro atoms. The smallest absolute Gasteiger partial charge is 0.414 e. The Labute approximate surface area is 198 Å². The van der Waals surface area contributed by atoms with E-state index in [1.165, 1.54) is 11.8 Å². The maximum atomic E-state index is 14.8. The van der Waals surface area contributed by atoms with Crippen molar-refractivity contribution < 1.29 is 37.0 Å². The van der Waals surface area contributed by atoms with Gasteiger partial charge in [0.1, 0.15) is 11.9 Å². The van der Waals surface area contributed by atoms with E-state index < -0.39 is 18.4 Å². The summed E-state index contributed by atoms with van der Waals surface area (Å²) in [5, 5.41) is 12.3. The largest absolute Gasteiger partial charge is 0.442 e. The molecule has 2 atom stereocenters. The van der Waals surface area contributed by atoms with E-state index in [-0.39, 0.29) is 37.3 Å². The molecule has 0 saturated carbocycles. The van der Waals surface area contributed by atoms with E-state index in [9.17, 15) is 32.3 Å². The summed E-state index contributed by atoms with van der Waals surface area (Å²) < 4.78 is 51.1. The molecule has 2 fully saturated rings. The first-order chi connectivity index (χ1) is 15.9. The molecule has 2 saturated heterocycles. The minimum absolute atomic E-state index is 0.167. The number of carbonyl (C=O) groups is 2. The molecule has 3 aliphatic rings. The van der Waals surface area contributed by atoms with Crippen molar-refractivity contribution in [2.24, 2.45) is 0 Å². The first-order valence-corrected chi connectivity index (χ1v) is 11.7. The van der Waals surface area contributed by atoms with Gasteiger partial charge in [0.15, 0.2) is 0 Å². The molecule has 196 valence electrons. The minimum atomic E-state index is -4.00. The number of amides is 2. The average Bonchev–Trinajstić information content (AvgIpc) is 3.11. The number of piperidine rings is 1. The number of nitrogens with zero attached hydrogens (tertiary/aromatic N) is 2. The second-order valence-electron chi connectivity index (χ2n) is 8.18. The molecule has 2 aliphatic heterocycles. The van der Waals surface area contributed by atoms with Crippen molar-refractivity contribution >= 4 is 12.0 Å². The second kappa shape index (κ2) is 14.3. The Morgan fingerprint density at radius 1 is 1.21 bits per heavy atom. The van der Waals surface area contributed by atoms with Crippen LogP contribution in [0.2, 0.25) is 0 Å². The summed E-state index contributed by atoms with van der Waals surface area (Å²) in [5.41, 5.74) is 0.744. The number of cyclic esters (lactones) is 1. The van der Waals surface area contributed by atoms with Crippen LogP contribution >= 0.6 is 0 Å². The Morgan fingerprint density at radius 3 is 2.35 bits per heavy atom. The van der Waals surface area contributed by atoms with Crippen molar-refractivity contribution in [3.8, 4) is 0 Å². The van der Waals surface area contributed by atoms with Gasteiger partial charge in [-0.1, -0.05) is 19.9 Å². The van der Waals surface area contributed by atoms with Crippen LogP contribution < -0.4 is 5.32 Å². The maximum absolute atomic E-state index is 14.8. The summed E-state index contributed by atoms with van der Waals surface area (Å²) in [7, 11) is 0. The Kier molecular flexibility index (Phi) is 12.6. The molecule has 1 aliphatic carbocycles. The zero-order chi connectivity index (χ0) is 25.9. The Morgan fingerprint density at radius 2 is 1.79 bits per heavy atom. The number of hydrogen-bond acceptors (Lipinski definition) is 5. The molecule has 2 N–H and O–H groups in total. The topological polar surface area (TPSA) is 82.1 Å². The van der Waals surface area contributed by atoms with E-state index in [0.29, 0.717) is 51.7 Å². The third kappa shape index (κ3) is 10.9. The van der Waals surface area contributed by atoms with Crippen molar-refractivity contribution in [1.82, 2.24) is 15.1 Å². The highest BCUT2D eigenvalue weighted by atomic mass is 19.4. The van der Waals surface area contributed by atoms with Crippen molar-refractivity contribution in [2.75, 3.05) is 26.2 Å². The number of halogens is 4. The Balaban J connectivity index is 0.000000733. The van der Waals surface area contributed by atoms with Gasteiger partial charge in [0, 0.05) is 39.1 Å². The molecule has 2 unspecified atom stereocenters. The zero-order valence-corrected chi connectivity index (χ0v) is 20.3. The zero-order valence-electron chi connectivity index (χ0n) is 20.3. The van der Waals surface area contributed by atoms with E-state index in [1.807, 2.05) is 19.9 Å². The second-order valence-corrected chi connectivity index (χ2v) is 8.18. The van der Waals surface area contributed by atoms with Crippen LogP contribution in [0.15, 0.2) is 23.7 Å². The van der Waals surface area contributed by atoms with Gasteiger partial charge in [-0.05, 0) is 31.8 Å². The molecule has 0 aromatic heterocycles. The maximum Gasteiger partial charge on any atom is 0.414 e. The SMILES string of the molecule is CC.CC(=O)NCC1CN(/C2=C/CCC(N3CCC(O)CC3)/C(F)=C\C2)C(=O)O1.CC(F)(F)F. The predicted octanol–water partition coefficient (Wildman–Crippen LogP) is 4.28. The molecular formula is C23H37F4N3O4. The molecule has 0 aromatic carbocycles. The average molecular weight is 496 g/mol. The number of aliphatic hydroxyl groups is 1. The van der Waals surface area contributed by atoms with Crippen LogP contribution in [0.1, 0.15) is 59.8 Å². The van der Waals surface area contributed by atoms with Gasteiger partial charge in [-0.2, -0.15) is 13.2 Å². The van der Waals surface area contributed by atoms with Gasteiger partial charge in [-0.25, -0.2) is 9.18 Å². The van der Waals surface area contributed by atoms with Gasteiger partial charge in [-0.15, -0.1) is 0 Å². The monoisotopic (exact) mass is 495 g/mol. The lowest BCUT2D eigenvalue weighted by atomic mass is 9.99. The van der Waals surface area contributed by atoms with Crippen LogP contribution in [0.5, 0.6) is 0 Å². The highest BCUT2D eigenvalue weighted by Gasteiger charge is 2.34. The van der Waals surface area contributed by atoms with Crippen LogP contribution in [0, 0.1) is 0 Å². The molecule has 11 heteroatoms. The molecule has 7 nitrogen and oxygen atoms in total. The first kappa shape index (κ1) is 29.9. The van der Waals surface area contributed by atoms with Crippen LogP contribution in [-0.4, -0.2) is 77.5 Å². The van der Waals surface area contributed by atoms with Gasteiger partial charge in [0.05, 0.1) is 25.2 Å². The van der Waals surface area contributed by atoms with Crippen molar-refractivity contribution in [3.63, 3.8) is 0 Å². The third-order valence-corrected chi connectivity index (χ3v) is 5.38. The fourth-order valence-corrected chi connectivity index (χ4v) is 3.86. The van der Waals surface area contributed by atoms with E-state index in [4.69, 9.17) is 4.74 Å². The van der Waals surface area contributed by atoms with E-state index in [2.05, 4.69) is 10.2 Å². The highest BCUT2D eigenvalue weighted by molar-refractivity contribution is 5.74. The summed E-state index contributed by atoms with van der Waals surface area (Å²) in [6.07, 6.45) is 1.41. The molecule has 0 radical (unpaired) electrons. The fraction of sp³-hybridized carbons (Fsp3) is 0.739. The summed E-state index contributed by atoms with van der Waals surface area (Å²) >= 11 is 0. The molecule has 0 bridgehead atoms. The lowest BCUT2D eigenvalue weighted by Crippen LogP contribution is -2.43. The highest BCUT2D eigenvalue weighted by Crippen LogP contribution is 2.28. The van der Waals surface area contributed by atoms with Gasteiger partial charge >= 0.3 is 12.3 Å². The van der Waals surface area contributed by atoms with Gasteiger partial charge in [0.25, 0.3) is 0 Å². The van der Waals surface area contributed by atoms with Gasteiger partial charge in [0.2, 0.25) is 5.91 Å². The number of carbonyl (C=O) groups excluding carboxylic acids is 2.